The fraction of sp³-hybridized carbons (Fsp3) is 0.750. The van der Waals surface area contributed by atoms with Crippen LogP contribution in [0.2, 0.25) is 0 Å². The molecule has 1 aliphatic rings. The smallest absolute Gasteiger partial charge is 0.0322 e. The topological polar surface area (TPSA) is 26.0 Å². The molecule has 0 bridgehead atoms. The summed E-state index contributed by atoms with van der Waals surface area (Å²) < 4.78 is 0. The fourth-order valence-electron chi connectivity index (χ4n) is 1.36. The molecule has 0 aromatic rings. The van der Waals surface area contributed by atoms with Gasteiger partial charge in [0.15, 0.2) is 0 Å². The van der Waals surface area contributed by atoms with E-state index in [9.17, 15) is 0 Å². The Kier molecular flexibility index (Phi) is 3.11. The maximum absolute atomic E-state index is 5.85. The van der Waals surface area contributed by atoms with E-state index in [1.54, 1.807) is 11.8 Å². The predicted molar refractivity (Wildman–Crippen MR) is 46.7 cm³/mol. The lowest BCUT2D eigenvalue weighted by atomic mass is 9.96. The van der Waals surface area contributed by atoms with Gasteiger partial charge in [0.2, 0.25) is 0 Å². The lowest BCUT2D eigenvalue weighted by Gasteiger charge is -2.25. The van der Waals surface area contributed by atoms with E-state index in [4.69, 9.17) is 12.2 Å². The zero-order valence-corrected chi connectivity index (χ0v) is 6.86. The largest absolute Gasteiger partial charge is 0.327 e. The van der Waals surface area contributed by atoms with Crippen molar-refractivity contribution in [3.8, 4) is 11.7 Å². The second-order valence-electron chi connectivity index (χ2n) is 2.72. The first-order valence-corrected chi connectivity index (χ1v) is 4.59. The average molecular weight is 155 g/mol. The molecule has 0 spiro atoms. The van der Waals surface area contributed by atoms with Crippen LogP contribution in [0.5, 0.6) is 0 Å². The summed E-state index contributed by atoms with van der Waals surface area (Å²) in [5, 5.41) is 3.13. The molecule has 2 N–H and O–H groups in total. The second kappa shape index (κ2) is 3.90. The van der Waals surface area contributed by atoms with Gasteiger partial charge >= 0.3 is 0 Å². The summed E-state index contributed by atoms with van der Waals surface area (Å²) in [4.78, 5) is 0. The summed E-state index contributed by atoms with van der Waals surface area (Å²) >= 11 is 1.56. The minimum atomic E-state index is 0.342. The van der Waals surface area contributed by atoms with Crippen LogP contribution in [0.4, 0.5) is 0 Å². The van der Waals surface area contributed by atoms with E-state index in [0.29, 0.717) is 11.3 Å². The molecule has 0 aromatic heterocycles. The van der Waals surface area contributed by atoms with Crippen LogP contribution in [0.1, 0.15) is 25.7 Å². The molecule has 0 radical (unpaired) electrons. The highest BCUT2D eigenvalue weighted by Crippen LogP contribution is 2.26. The quantitative estimate of drug-likeness (QED) is 0.582. The second-order valence-corrected chi connectivity index (χ2v) is 3.80. The molecule has 10 heavy (non-hydrogen) atoms. The van der Waals surface area contributed by atoms with E-state index in [2.05, 4.69) is 5.25 Å². The molecule has 1 aliphatic carbocycles. The highest BCUT2D eigenvalue weighted by atomic mass is 32.2. The van der Waals surface area contributed by atoms with Gasteiger partial charge in [0.1, 0.15) is 0 Å². The van der Waals surface area contributed by atoms with Gasteiger partial charge in [-0.2, -0.15) is 0 Å². The van der Waals surface area contributed by atoms with Gasteiger partial charge in [-0.15, -0.1) is 6.42 Å². The summed E-state index contributed by atoms with van der Waals surface area (Å²) in [5.74, 6) is 0. The van der Waals surface area contributed by atoms with Crippen LogP contribution in [0.25, 0.3) is 0 Å². The van der Waals surface area contributed by atoms with Crippen molar-refractivity contribution in [2.24, 2.45) is 5.73 Å². The SMILES string of the molecule is C#CSC1CCCCC1N. The zero-order chi connectivity index (χ0) is 7.40. The molecule has 56 valence electrons. The molecule has 0 saturated heterocycles. The molecule has 0 aromatic carbocycles. The minimum Gasteiger partial charge on any atom is -0.327 e. The molecule has 0 amide bonds. The van der Waals surface area contributed by atoms with Crippen LogP contribution >= 0.6 is 11.8 Å². The van der Waals surface area contributed by atoms with Crippen LogP contribution in [0.3, 0.4) is 0 Å². The fourth-order valence-corrected chi connectivity index (χ4v) is 2.13. The number of terminal acetylenes is 1. The van der Waals surface area contributed by atoms with E-state index in [-0.39, 0.29) is 0 Å². The van der Waals surface area contributed by atoms with Gasteiger partial charge in [0.05, 0.1) is 0 Å². The van der Waals surface area contributed by atoms with Gasteiger partial charge in [-0.1, -0.05) is 24.6 Å². The Labute approximate surface area is 66.8 Å². The minimum absolute atomic E-state index is 0.342. The standard InChI is InChI=1S/C8H13NS/c1-2-10-8-6-4-3-5-7(8)9/h1,7-8H,3-6,9H2. The van der Waals surface area contributed by atoms with Gasteiger partial charge in [-0.3, -0.25) is 0 Å². The molecule has 1 nitrogen and oxygen atoms in total. The first kappa shape index (κ1) is 7.97. The monoisotopic (exact) mass is 155 g/mol. The van der Waals surface area contributed by atoms with Crippen LogP contribution in [0.15, 0.2) is 0 Å². The molecular formula is C8H13NS. The molecule has 0 aliphatic heterocycles. The van der Waals surface area contributed by atoms with Crippen molar-refractivity contribution in [3.63, 3.8) is 0 Å². The Morgan fingerprint density at radius 3 is 2.70 bits per heavy atom. The molecule has 2 unspecified atom stereocenters. The summed E-state index contributed by atoms with van der Waals surface area (Å²) in [6, 6.07) is 0.342. The number of hydrogen-bond acceptors (Lipinski definition) is 2. The average Bonchev–Trinajstić information content (AvgIpc) is 1.94. The van der Waals surface area contributed by atoms with Gasteiger partial charge in [-0.05, 0) is 18.1 Å². The van der Waals surface area contributed by atoms with Crippen molar-refractivity contribution < 1.29 is 0 Å². The third kappa shape index (κ3) is 1.93. The van der Waals surface area contributed by atoms with Crippen molar-refractivity contribution in [1.82, 2.24) is 0 Å². The Bertz CT molecular complexity index is 139. The normalized spacial score (nSPS) is 33.2. The van der Waals surface area contributed by atoms with E-state index >= 15 is 0 Å². The number of rotatable bonds is 1. The summed E-state index contributed by atoms with van der Waals surface area (Å²) in [5.41, 5.74) is 5.85. The van der Waals surface area contributed by atoms with Gasteiger partial charge in [-0.25, -0.2) is 0 Å². The molecule has 0 heterocycles. The number of thioether (sulfide) groups is 1. The van der Waals surface area contributed by atoms with Crippen LogP contribution < -0.4 is 5.73 Å². The van der Waals surface area contributed by atoms with E-state index < -0.39 is 0 Å². The van der Waals surface area contributed by atoms with E-state index in [1.165, 1.54) is 19.3 Å². The third-order valence-electron chi connectivity index (χ3n) is 1.97. The molecule has 1 saturated carbocycles. The zero-order valence-electron chi connectivity index (χ0n) is 6.05. The van der Waals surface area contributed by atoms with Crippen molar-refractivity contribution in [1.29, 1.82) is 0 Å². The van der Waals surface area contributed by atoms with E-state index in [1.807, 2.05) is 0 Å². The lowest BCUT2D eigenvalue weighted by Crippen LogP contribution is -2.34. The van der Waals surface area contributed by atoms with Crippen molar-refractivity contribution in [3.05, 3.63) is 0 Å². The summed E-state index contributed by atoms with van der Waals surface area (Å²) in [6.07, 6.45) is 10.1. The van der Waals surface area contributed by atoms with Crippen LogP contribution in [-0.4, -0.2) is 11.3 Å². The maximum atomic E-state index is 5.85. The Hall–Kier alpha value is -0.130. The Morgan fingerprint density at radius 2 is 2.10 bits per heavy atom. The molecular weight excluding hydrogens is 142 g/mol. The predicted octanol–water partition coefficient (Wildman–Crippen LogP) is 1.58. The Balaban J connectivity index is 2.34. The van der Waals surface area contributed by atoms with Gasteiger partial charge in [0.25, 0.3) is 0 Å². The van der Waals surface area contributed by atoms with Gasteiger partial charge < -0.3 is 5.73 Å². The molecule has 1 rings (SSSR count). The molecule has 1 fully saturated rings. The van der Waals surface area contributed by atoms with Crippen molar-refractivity contribution in [2.75, 3.05) is 0 Å². The Morgan fingerprint density at radius 1 is 1.40 bits per heavy atom. The van der Waals surface area contributed by atoms with E-state index in [0.717, 1.165) is 6.42 Å². The number of hydrogen-bond donors (Lipinski definition) is 1. The highest BCUT2D eigenvalue weighted by Gasteiger charge is 2.20. The lowest BCUT2D eigenvalue weighted by molar-refractivity contribution is 0.454. The first-order chi connectivity index (χ1) is 4.84. The highest BCUT2D eigenvalue weighted by molar-refractivity contribution is 8.04. The van der Waals surface area contributed by atoms with Crippen molar-refractivity contribution in [2.45, 2.75) is 37.0 Å². The summed E-state index contributed by atoms with van der Waals surface area (Å²) in [6.45, 7) is 0. The first-order valence-electron chi connectivity index (χ1n) is 3.71. The maximum Gasteiger partial charge on any atom is 0.0322 e. The van der Waals surface area contributed by atoms with Crippen molar-refractivity contribution >= 4 is 11.8 Å². The van der Waals surface area contributed by atoms with Gasteiger partial charge in [0, 0.05) is 11.3 Å². The van der Waals surface area contributed by atoms with Crippen LogP contribution in [0, 0.1) is 11.7 Å². The van der Waals surface area contributed by atoms with Crippen LogP contribution in [-0.2, 0) is 0 Å². The molecule has 2 atom stereocenters. The molecule has 2 heteroatoms. The number of nitrogens with two attached hydrogens (primary N) is 1. The summed E-state index contributed by atoms with van der Waals surface area (Å²) in [7, 11) is 0. The third-order valence-corrected chi connectivity index (χ3v) is 3.00.